The highest BCUT2D eigenvalue weighted by atomic mass is 32.2. The molecular weight excluding hydrogens is 324 g/mol. The number of hydrogen-bond donors (Lipinski definition) is 2. The molecule has 0 unspecified atom stereocenters. The van der Waals surface area contributed by atoms with Crippen molar-refractivity contribution in [3.05, 3.63) is 71.8 Å². The number of hydrogen-bond acceptors (Lipinski definition) is 4. The third kappa shape index (κ3) is 3.51. The molecule has 1 fully saturated rings. The van der Waals surface area contributed by atoms with Gasteiger partial charge in [0.25, 0.3) is 0 Å². The minimum absolute atomic E-state index is 0.148. The average molecular weight is 340 g/mol. The summed E-state index contributed by atoms with van der Waals surface area (Å²) in [6.07, 6.45) is 0. The van der Waals surface area contributed by atoms with E-state index in [-0.39, 0.29) is 11.8 Å². The van der Waals surface area contributed by atoms with E-state index in [1.54, 1.807) is 0 Å². The second-order valence-corrected chi connectivity index (χ2v) is 7.16. The average Bonchev–Trinajstić information content (AvgIpc) is 2.89. The van der Waals surface area contributed by atoms with Gasteiger partial charge in [-0.3, -0.25) is 4.79 Å². The summed E-state index contributed by atoms with van der Waals surface area (Å²) in [6, 6.07) is 19.4. The molecule has 5 heteroatoms. The molecule has 0 radical (unpaired) electrons. The lowest BCUT2D eigenvalue weighted by atomic mass is 9.94. The zero-order valence-corrected chi connectivity index (χ0v) is 14.0. The van der Waals surface area contributed by atoms with Crippen molar-refractivity contribution < 1.29 is 4.79 Å². The molecule has 0 aliphatic carbocycles. The molecule has 0 saturated carbocycles. The fraction of sp³-hybridized carbons (Fsp3) is 0.167. The monoisotopic (exact) mass is 340 g/mol. The van der Waals surface area contributed by atoms with Crippen molar-refractivity contribution in [3.8, 4) is 0 Å². The second-order valence-electron chi connectivity index (χ2n) is 5.32. The quantitative estimate of drug-likeness (QED) is 0.837. The molecule has 0 aromatic heterocycles. The molecule has 3 nitrogen and oxygen atoms in total. The molecule has 1 aliphatic rings. The highest BCUT2D eigenvalue weighted by Crippen LogP contribution is 2.38. The summed E-state index contributed by atoms with van der Waals surface area (Å²) in [6.45, 7) is 0.465. The summed E-state index contributed by atoms with van der Waals surface area (Å²) >= 11 is 6.73. The molecule has 2 N–H and O–H groups in total. The molecule has 1 heterocycles. The summed E-state index contributed by atoms with van der Waals surface area (Å²) in [5.74, 6) is -0.395. The van der Waals surface area contributed by atoms with Crippen LogP contribution in [-0.2, 0) is 11.3 Å². The first-order chi connectivity index (χ1) is 11.2. The van der Waals surface area contributed by atoms with Gasteiger partial charge in [0, 0.05) is 12.3 Å². The van der Waals surface area contributed by atoms with Crippen molar-refractivity contribution in [2.24, 2.45) is 0 Å². The van der Waals surface area contributed by atoms with E-state index >= 15 is 0 Å². The number of carbonyl (C=O) groups is 1. The van der Waals surface area contributed by atoms with E-state index < -0.39 is 5.25 Å². The molecule has 1 aliphatic heterocycles. The van der Waals surface area contributed by atoms with Gasteiger partial charge in [-0.05, 0) is 11.1 Å². The van der Waals surface area contributed by atoms with Crippen LogP contribution in [0.1, 0.15) is 17.0 Å². The van der Waals surface area contributed by atoms with Crippen molar-refractivity contribution in [1.29, 1.82) is 5.41 Å². The fourth-order valence-corrected chi connectivity index (χ4v) is 4.20. The Morgan fingerprint density at radius 3 is 2.35 bits per heavy atom. The van der Waals surface area contributed by atoms with Crippen molar-refractivity contribution in [3.63, 3.8) is 0 Å². The molecule has 116 valence electrons. The largest absolute Gasteiger partial charge is 0.351 e. The lowest BCUT2D eigenvalue weighted by Crippen LogP contribution is -2.35. The first-order valence-electron chi connectivity index (χ1n) is 7.32. The number of carbonyl (C=O) groups excluding carboxylic acids is 1. The Morgan fingerprint density at radius 2 is 1.70 bits per heavy atom. The van der Waals surface area contributed by atoms with Gasteiger partial charge in [-0.1, -0.05) is 84.6 Å². The number of thioether (sulfide) groups is 1. The lowest BCUT2D eigenvalue weighted by molar-refractivity contribution is -0.119. The van der Waals surface area contributed by atoms with E-state index in [0.717, 1.165) is 11.1 Å². The first-order valence-corrected chi connectivity index (χ1v) is 8.61. The standard InChI is InChI=1S/C18H16N2OS2/c19-15-14(13-9-5-2-6-10-13)18(22)23-16(15)17(21)20-11-12-7-3-1-4-8-12/h1-10,14,16,19H,11H2,(H,20,21)/t14-,16-/m1/s1. The van der Waals surface area contributed by atoms with E-state index in [1.165, 1.54) is 11.8 Å². The minimum Gasteiger partial charge on any atom is -0.351 e. The maximum Gasteiger partial charge on any atom is 0.239 e. The smallest absolute Gasteiger partial charge is 0.239 e. The third-order valence-corrected chi connectivity index (χ3v) is 5.44. The molecule has 23 heavy (non-hydrogen) atoms. The number of rotatable bonds is 4. The van der Waals surface area contributed by atoms with Crippen LogP contribution in [0.15, 0.2) is 60.7 Å². The summed E-state index contributed by atoms with van der Waals surface area (Å²) in [4.78, 5) is 12.4. The molecule has 2 atom stereocenters. The molecule has 1 amide bonds. The van der Waals surface area contributed by atoms with Crippen LogP contribution in [0.3, 0.4) is 0 Å². The topological polar surface area (TPSA) is 53.0 Å². The highest BCUT2D eigenvalue weighted by molar-refractivity contribution is 8.25. The fourth-order valence-electron chi connectivity index (χ4n) is 2.56. The van der Waals surface area contributed by atoms with Gasteiger partial charge in [0.2, 0.25) is 5.91 Å². The molecule has 3 rings (SSSR count). The Morgan fingerprint density at radius 1 is 1.09 bits per heavy atom. The number of amides is 1. The van der Waals surface area contributed by atoms with E-state index in [9.17, 15) is 4.79 Å². The minimum atomic E-state index is -0.531. The third-order valence-electron chi connectivity index (χ3n) is 3.74. The Hall–Kier alpha value is -1.98. The number of nitrogens with one attached hydrogen (secondary N) is 2. The Kier molecular flexibility index (Phi) is 4.88. The SMILES string of the molecule is N=C1[C@H](C(=O)NCc2ccccc2)SC(=S)[C@@H]1c1ccccc1. The van der Waals surface area contributed by atoms with Crippen LogP contribution in [0.25, 0.3) is 0 Å². The van der Waals surface area contributed by atoms with Gasteiger partial charge in [-0.15, -0.1) is 0 Å². The van der Waals surface area contributed by atoms with Crippen LogP contribution in [-0.4, -0.2) is 21.1 Å². The van der Waals surface area contributed by atoms with Crippen molar-refractivity contribution in [2.75, 3.05) is 0 Å². The summed E-state index contributed by atoms with van der Waals surface area (Å²) in [5.41, 5.74) is 2.39. The predicted molar refractivity (Wildman–Crippen MR) is 99.2 cm³/mol. The maximum absolute atomic E-state index is 12.4. The van der Waals surface area contributed by atoms with Gasteiger partial charge in [-0.25, -0.2) is 0 Å². The van der Waals surface area contributed by atoms with Gasteiger partial charge in [0.1, 0.15) is 5.25 Å². The van der Waals surface area contributed by atoms with Crippen LogP contribution >= 0.6 is 24.0 Å². The van der Waals surface area contributed by atoms with Gasteiger partial charge < -0.3 is 10.7 Å². The van der Waals surface area contributed by atoms with E-state index in [0.29, 0.717) is 16.5 Å². The van der Waals surface area contributed by atoms with Crippen molar-refractivity contribution in [2.45, 2.75) is 17.7 Å². The van der Waals surface area contributed by atoms with Crippen LogP contribution in [0.2, 0.25) is 0 Å². The lowest BCUT2D eigenvalue weighted by Gasteiger charge is -2.13. The Balaban J connectivity index is 1.68. The van der Waals surface area contributed by atoms with E-state index in [2.05, 4.69) is 5.32 Å². The molecular formula is C18H16N2OS2. The first kappa shape index (κ1) is 15.9. The van der Waals surface area contributed by atoms with Gasteiger partial charge in [0.15, 0.2) is 0 Å². The molecule has 2 aromatic carbocycles. The van der Waals surface area contributed by atoms with E-state index in [4.69, 9.17) is 17.6 Å². The maximum atomic E-state index is 12.4. The summed E-state index contributed by atoms with van der Waals surface area (Å²) < 4.78 is 0.695. The Labute approximate surface area is 145 Å². The second kappa shape index (κ2) is 7.06. The predicted octanol–water partition coefficient (Wildman–Crippen LogP) is 3.55. The van der Waals surface area contributed by atoms with Gasteiger partial charge in [0.05, 0.1) is 10.1 Å². The van der Waals surface area contributed by atoms with Gasteiger partial charge in [-0.2, -0.15) is 0 Å². The number of benzene rings is 2. The van der Waals surface area contributed by atoms with Gasteiger partial charge >= 0.3 is 0 Å². The summed E-state index contributed by atoms with van der Waals surface area (Å²) in [5, 5.41) is 10.7. The summed E-state index contributed by atoms with van der Waals surface area (Å²) in [7, 11) is 0. The van der Waals surface area contributed by atoms with Crippen LogP contribution in [0.5, 0.6) is 0 Å². The molecule has 0 spiro atoms. The van der Waals surface area contributed by atoms with Crippen molar-refractivity contribution >= 4 is 39.8 Å². The highest BCUT2D eigenvalue weighted by Gasteiger charge is 2.40. The zero-order valence-electron chi connectivity index (χ0n) is 12.4. The normalized spacial score (nSPS) is 20.5. The molecule has 0 bridgehead atoms. The van der Waals surface area contributed by atoms with Crippen molar-refractivity contribution in [1.82, 2.24) is 5.32 Å². The molecule has 1 saturated heterocycles. The molecule has 2 aromatic rings. The van der Waals surface area contributed by atoms with Crippen LogP contribution in [0, 0.1) is 5.41 Å². The Bertz CT molecular complexity index is 731. The number of thiocarbonyl (C=S) groups is 1. The zero-order chi connectivity index (χ0) is 16.2. The van der Waals surface area contributed by atoms with Crippen LogP contribution < -0.4 is 5.32 Å². The van der Waals surface area contributed by atoms with E-state index in [1.807, 2.05) is 60.7 Å². The van der Waals surface area contributed by atoms with Crippen LogP contribution in [0.4, 0.5) is 0 Å².